The van der Waals surface area contributed by atoms with E-state index >= 15 is 0 Å². The Morgan fingerprint density at radius 2 is 1.95 bits per heavy atom. The maximum absolute atomic E-state index is 12.5. The van der Waals surface area contributed by atoms with Crippen molar-refractivity contribution < 1.29 is 18.3 Å². The lowest BCUT2D eigenvalue weighted by atomic mass is 9.79. The first-order valence-corrected chi connectivity index (χ1v) is 7.78. The predicted octanol–water partition coefficient (Wildman–Crippen LogP) is 3.86. The summed E-state index contributed by atoms with van der Waals surface area (Å²) in [6, 6.07) is 6.74. The van der Waals surface area contributed by atoms with Crippen LogP contribution < -0.4 is 0 Å². The first-order valence-electron chi connectivity index (χ1n) is 6.96. The fraction of sp³-hybridized carbons (Fsp3) is 0.600. The summed E-state index contributed by atoms with van der Waals surface area (Å²) in [6.45, 7) is 0. The van der Waals surface area contributed by atoms with Crippen molar-refractivity contribution in [2.75, 3.05) is 14.1 Å². The van der Waals surface area contributed by atoms with Crippen LogP contribution in [0.2, 0.25) is 0 Å². The van der Waals surface area contributed by atoms with Gasteiger partial charge in [-0.1, -0.05) is 12.1 Å². The number of aliphatic hydroxyl groups is 1. The Morgan fingerprint density at radius 3 is 2.57 bits per heavy atom. The monoisotopic (exact) mass is 319 g/mol. The first-order chi connectivity index (χ1) is 9.76. The van der Waals surface area contributed by atoms with E-state index in [4.69, 9.17) is 0 Å². The van der Waals surface area contributed by atoms with Crippen LogP contribution in [0.25, 0.3) is 0 Å². The second-order valence-corrected chi connectivity index (χ2v) is 6.87. The van der Waals surface area contributed by atoms with Gasteiger partial charge in [0.2, 0.25) is 0 Å². The fourth-order valence-electron chi connectivity index (χ4n) is 2.95. The van der Waals surface area contributed by atoms with Gasteiger partial charge in [0.15, 0.2) is 0 Å². The van der Waals surface area contributed by atoms with Crippen LogP contribution in [0.1, 0.15) is 30.7 Å². The Hall–Kier alpha value is -0.720. The summed E-state index contributed by atoms with van der Waals surface area (Å²) >= 11 is -0.0732. The number of aliphatic hydroxyl groups excluding tert-OH is 1. The summed E-state index contributed by atoms with van der Waals surface area (Å²) in [6.07, 6.45) is 1.91. The lowest BCUT2D eigenvalue weighted by molar-refractivity contribution is -0.0328. The molecule has 0 bridgehead atoms. The van der Waals surface area contributed by atoms with Gasteiger partial charge in [-0.2, -0.15) is 13.2 Å². The van der Waals surface area contributed by atoms with Crippen molar-refractivity contribution in [3.05, 3.63) is 29.8 Å². The highest BCUT2D eigenvalue weighted by Gasteiger charge is 2.32. The van der Waals surface area contributed by atoms with E-state index in [2.05, 4.69) is 0 Å². The zero-order chi connectivity index (χ0) is 15.6. The molecule has 6 heteroatoms. The third-order valence-corrected chi connectivity index (χ3v) is 4.73. The average molecular weight is 319 g/mol. The van der Waals surface area contributed by atoms with Crippen LogP contribution in [0.15, 0.2) is 29.2 Å². The molecule has 2 nitrogen and oxygen atoms in total. The van der Waals surface area contributed by atoms with Gasteiger partial charge in [-0.3, -0.25) is 0 Å². The molecule has 0 heterocycles. The van der Waals surface area contributed by atoms with E-state index in [0.29, 0.717) is 6.42 Å². The first kappa shape index (κ1) is 16.6. The van der Waals surface area contributed by atoms with E-state index in [1.54, 1.807) is 12.1 Å². The van der Waals surface area contributed by atoms with Crippen LogP contribution in [0.4, 0.5) is 13.2 Å². The van der Waals surface area contributed by atoms with Crippen LogP contribution in [0, 0.1) is 0 Å². The summed E-state index contributed by atoms with van der Waals surface area (Å²) < 4.78 is 37.4. The van der Waals surface area contributed by atoms with Gasteiger partial charge in [-0.05, 0) is 68.7 Å². The van der Waals surface area contributed by atoms with Gasteiger partial charge in [0.1, 0.15) is 0 Å². The molecule has 1 saturated carbocycles. The maximum atomic E-state index is 12.5. The molecule has 0 aliphatic heterocycles. The molecule has 0 spiro atoms. The number of thioether (sulfide) groups is 1. The highest BCUT2D eigenvalue weighted by atomic mass is 32.2. The van der Waals surface area contributed by atoms with E-state index in [1.165, 1.54) is 6.07 Å². The molecule has 1 N–H and O–H groups in total. The molecule has 2 rings (SSSR count). The van der Waals surface area contributed by atoms with Crippen molar-refractivity contribution in [3.63, 3.8) is 0 Å². The van der Waals surface area contributed by atoms with Gasteiger partial charge >= 0.3 is 5.51 Å². The third-order valence-electron chi connectivity index (χ3n) is 4.01. The zero-order valence-electron chi connectivity index (χ0n) is 12.1. The van der Waals surface area contributed by atoms with Crippen molar-refractivity contribution in [2.45, 2.75) is 47.7 Å². The number of hydrogen-bond acceptors (Lipinski definition) is 3. The number of hydrogen-bond donors (Lipinski definition) is 1. The SMILES string of the molecule is CN(C)[C@H]1C[C@@H](c2cccc(SC(F)(F)F)c2)CC[C@@H]1O. The smallest absolute Gasteiger partial charge is 0.391 e. The van der Waals surface area contributed by atoms with Gasteiger partial charge in [-0.15, -0.1) is 0 Å². The summed E-state index contributed by atoms with van der Waals surface area (Å²) in [7, 11) is 3.85. The standard InChI is InChI=1S/C15H20F3NOS/c1-19(2)13-9-11(6-7-14(13)20)10-4-3-5-12(8-10)21-15(16,17)18/h3-5,8,11,13-14,20H,6-7,9H2,1-2H3/t11-,13-,14-/m0/s1. The number of alkyl halides is 3. The average Bonchev–Trinajstić information content (AvgIpc) is 2.37. The molecule has 1 fully saturated rings. The number of nitrogens with zero attached hydrogens (tertiary/aromatic N) is 1. The Bertz CT molecular complexity index is 478. The second kappa shape index (κ2) is 6.58. The molecule has 118 valence electrons. The molecule has 0 amide bonds. The van der Waals surface area contributed by atoms with Crippen molar-refractivity contribution in [2.24, 2.45) is 0 Å². The largest absolute Gasteiger partial charge is 0.446 e. The highest BCUT2D eigenvalue weighted by Crippen LogP contribution is 2.40. The van der Waals surface area contributed by atoms with Gasteiger partial charge in [0.05, 0.1) is 6.10 Å². The van der Waals surface area contributed by atoms with Gasteiger partial charge in [0, 0.05) is 10.9 Å². The van der Waals surface area contributed by atoms with E-state index in [9.17, 15) is 18.3 Å². The zero-order valence-corrected chi connectivity index (χ0v) is 12.9. The molecule has 1 aromatic carbocycles. The number of rotatable bonds is 3. The summed E-state index contributed by atoms with van der Waals surface area (Å²) in [4.78, 5) is 2.22. The Morgan fingerprint density at radius 1 is 1.24 bits per heavy atom. The third kappa shape index (κ3) is 4.63. The predicted molar refractivity (Wildman–Crippen MR) is 78.4 cm³/mol. The van der Waals surface area contributed by atoms with Crippen LogP contribution in [0.3, 0.4) is 0 Å². The van der Waals surface area contributed by atoms with E-state index in [1.807, 2.05) is 25.1 Å². The minimum absolute atomic E-state index is 0.0580. The molecule has 0 radical (unpaired) electrons. The van der Waals surface area contributed by atoms with Gasteiger partial charge in [-0.25, -0.2) is 0 Å². The van der Waals surface area contributed by atoms with E-state index in [-0.39, 0.29) is 34.7 Å². The van der Waals surface area contributed by atoms with Crippen LogP contribution >= 0.6 is 11.8 Å². The number of halogens is 3. The maximum Gasteiger partial charge on any atom is 0.446 e. The van der Waals surface area contributed by atoms with Crippen molar-refractivity contribution in [1.29, 1.82) is 0 Å². The Labute approximate surface area is 127 Å². The van der Waals surface area contributed by atoms with E-state index in [0.717, 1.165) is 18.4 Å². The van der Waals surface area contributed by atoms with Crippen molar-refractivity contribution >= 4 is 11.8 Å². The quantitative estimate of drug-likeness (QED) is 0.856. The summed E-state index contributed by atoms with van der Waals surface area (Å²) in [5.41, 5.74) is -3.32. The summed E-state index contributed by atoms with van der Waals surface area (Å²) in [5, 5.41) is 10.0. The Kier molecular flexibility index (Phi) is 5.22. The molecule has 0 saturated heterocycles. The van der Waals surface area contributed by atoms with Gasteiger partial charge in [0.25, 0.3) is 0 Å². The number of likely N-dealkylation sites (N-methyl/N-ethyl adjacent to an activating group) is 1. The van der Waals surface area contributed by atoms with E-state index < -0.39 is 5.51 Å². The molecule has 21 heavy (non-hydrogen) atoms. The van der Waals surface area contributed by atoms with Crippen LogP contribution in [0.5, 0.6) is 0 Å². The molecular weight excluding hydrogens is 299 g/mol. The molecule has 1 aromatic rings. The second-order valence-electron chi connectivity index (χ2n) is 5.73. The van der Waals surface area contributed by atoms with Crippen molar-refractivity contribution in [1.82, 2.24) is 4.90 Å². The molecule has 1 aliphatic carbocycles. The molecule has 0 aromatic heterocycles. The lowest BCUT2D eigenvalue weighted by Crippen LogP contribution is -2.43. The minimum Gasteiger partial charge on any atom is -0.391 e. The topological polar surface area (TPSA) is 23.5 Å². The highest BCUT2D eigenvalue weighted by molar-refractivity contribution is 8.00. The van der Waals surface area contributed by atoms with Crippen molar-refractivity contribution in [3.8, 4) is 0 Å². The summed E-state index contributed by atoms with van der Waals surface area (Å²) in [5.74, 6) is 0.203. The number of benzene rings is 1. The molecule has 3 atom stereocenters. The van der Waals surface area contributed by atoms with Gasteiger partial charge < -0.3 is 10.0 Å². The minimum atomic E-state index is -4.26. The Balaban J connectivity index is 2.13. The molecule has 0 unspecified atom stereocenters. The lowest BCUT2D eigenvalue weighted by Gasteiger charge is -2.37. The fourth-order valence-corrected chi connectivity index (χ4v) is 3.56. The van der Waals surface area contributed by atoms with Crippen LogP contribution in [-0.2, 0) is 0 Å². The van der Waals surface area contributed by atoms with Crippen LogP contribution in [-0.4, -0.2) is 41.8 Å². The molecule has 1 aliphatic rings. The molecular formula is C15H20F3NOS. The normalized spacial score (nSPS) is 27.1.